The Morgan fingerprint density at radius 2 is 1.85 bits per heavy atom. The second-order valence-corrected chi connectivity index (χ2v) is 7.93. The largest absolute Gasteiger partial charge is 0.348 e. The number of nitrogens with zero attached hydrogens (tertiary/aromatic N) is 1. The fraction of sp³-hybridized carbons (Fsp3) is 0.0476. The lowest BCUT2D eigenvalue weighted by Crippen LogP contribution is -2.22. The zero-order chi connectivity index (χ0) is 18.8. The molecule has 0 spiro atoms. The maximum atomic E-state index is 12.5. The van der Waals surface area contributed by atoms with Crippen LogP contribution in [-0.2, 0) is 6.54 Å². The standard InChI is InChI=1S/C21H14Cl2N2OS/c22-16-7-5-14(17(23)10-16)11-25-21(26)13-6-8-20-18(9-13)24-12-15-3-1-2-4-19(15)27-20/h1-10,12H,11H2,(H,25,26). The normalized spacial score (nSPS) is 12.1. The highest BCUT2D eigenvalue weighted by atomic mass is 35.5. The molecule has 3 aromatic rings. The summed E-state index contributed by atoms with van der Waals surface area (Å²) in [5, 5.41) is 3.99. The van der Waals surface area contributed by atoms with Crippen LogP contribution >= 0.6 is 35.0 Å². The molecular weight excluding hydrogens is 399 g/mol. The van der Waals surface area contributed by atoms with Gasteiger partial charge in [-0.15, -0.1) is 0 Å². The topological polar surface area (TPSA) is 41.5 Å². The Kier molecular flexibility index (Phi) is 5.21. The van der Waals surface area contributed by atoms with Crippen LogP contribution in [-0.4, -0.2) is 12.1 Å². The van der Waals surface area contributed by atoms with Crippen molar-refractivity contribution in [1.29, 1.82) is 0 Å². The van der Waals surface area contributed by atoms with Gasteiger partial charge < -0.3 is 5.32 Å². The van der Waals surface area contributed by atoms with E-state index in [0.717, 1.165) is 26.6 Å². The smallest absolute Gasteiger partial charge is 0.251 e. The second-order valence-electron chi connectivity index (χ2n) is 6.00. The number of halogens is 2. The molecule has 0 aromatic heterocycles. The summed E-state index contributed by atoms with van der Waals surface area (Å²) in [6, 6.07) is 18.9. The van der Waals surface area contributed by atoms with Crippen LogP contribution < -0.4 is 5.32 Å². The highest BCUT2D eigenvalue weighted by Crippen LogP contribution is 2.39. The number of carbonyl (C=O) groups is 1. The van der Waals surface area contributed by atoms with Crippen LogP contribution in [0.15, 0.2) is 75.4 Å². The van der Waals surface area contributed by atoms with Crippen LogP contribution in [0.25, 0.3) is 0 Å². The highest BCUT2D eigenvalue weighted by Gasteiger charge is 2.14. The number of hydrogen-bond acceptors (Lipinski definition) is 3. The molecule has 0 radical (unpaired) electrons. The minimum Gasteiger partial charge on any atom is -0.348 e. The molecule has 134 valence electrons. The Hall–Kier alpha value is -2.27. The Morgan fingerprint density at radius 1 is 1.00 bits per heavy atom. The molecule has 0 unspecified atom stereocenters. The summed E-state index contributed by atoms with van der Waals surface area (Å²) in [6.07, 6.45) is 1.84. The van der Waals surface area contributed by atoms with Gasteiger partial charge in [-0.3, -0.25) is 9.79 Å². The van der Waals surface area contributed by atoms with Crippen molar-refractivity contribution in [3.63, 3.8) is 0 Å². The van der Waals surface area contributed by atoms with Crippen molar-refractivity contribution in [2.45, 2.75) is 16.3 Å². The summed E-state index contributed by atoms with van der Waals surface area (Å²) in [5.74, 6) is -0.175. The van der Waals surface area contributed by atoms with Gasteiger partial charge in [-0.2, -0.15) is 0 Å². The first-order valence-electron chi connectivity index (χ1n) is 8.27. The number of hydrogen-bond donors (Lipinski definition) is 1. The first-order valence-corrected chi connectivity index (χ1v) is 9.84. The van der Waals surface area contributed by atoms with E-state index < -0.39 is 0 Å². The van der Waals surface area contributed by atoms with Crippen LogP contribution in [0, 0.1) is 0 Å². The van der Waals surface area contributed by atoms with Gasteiger partial charge >= 0.3 is 0 Å². The van der Waals surface area contributed by atoms with Crippen molar-refractivity contribution < 1.29 is 4.79 Å². The molecule has 27 heavy (non-hydrogen) atoms. The number of fused-ring (bicyclic) bond motifs is 2. The summed E-state index contributed by atoms with van der Waals surface area (Å²) < 4.78 is 0. The van der Waals surface area contributed by atoms with E-state index >= 15 is 0 Å². The van der Waals surface area contributed by atoms with Crippen molar-refractivity contribution >= 4 is 52.8 Å². The van der Waals surface area contributed by atoms with E-state index in [4.69, 9.17) is 23.2 Å². The van der Waals surface area contributed by atoms with E-state index in [-0.39, 0.29) is 5.91 Å². The molecule has 1 amide bonds. The van der Waals surface area contributed by atoms with Crippen molar-refractivity contribution in [3.05, 3.63) is 87.4 Å². The molecule has 4 rings (SSSR count). The molecule has 6 heteroatoms. The van der Waals surface area contributed by atoms with Crippen molar-refractivity contribution in [1.82, 2.24) is 5.32 Å². The van der Waals surface area contributed by atoms with Crippen LogP contribution in [0.2, 0.25) is 10.0 Å². The summed E-state index contributed by atoms with van der Waals surface area (Å²) in [5.41, 5.74) is 3.23. The van der Waals surface area contributed by atoms with Gasteiger partial charge in [0.2, 0.25) is 0 Å². The van der Waals surface area contributed by atoms with Crippen LogP contribution in [0.3, 0.4) is 0 Å². The van der Waals surface area contributed by atoms with Gasteiger partial charge in [-0.1, -0.05) is 59.2 Å². The summed E-state index contributed by atoms with van der Waals surface area (Å²) in [7, 11) is 0. The van der Waals surface area contributed by atoms with E-state index in [1.807, 2.05) is 42.6 Å². The van der Waals surface area contributed by atoms with Crippen molar-refractivity contribution in [3.8, 4) is 0 Å². The van der Waals surface area contributed by atoms with Gasteiger partial charge in [-0.05, 0) is 42.0 Å². The predicted molar refractivity (Wildman–Crippen MR) is 112 cm³/mol. The molecule has 0 atom stereocenters. The fourth-order valence-corrected chi connectivity index (χ4v) is 4.18. The summed E-state index contributed by atoms with van der Waals surface area (Å²) in [4.78, 5) is 19.3. The predicted octanol–water partition coefficient (Wildman–Crippen LogP) is 6.14. The Morgan fingerprint density at radius 3 is 2.70 bits per heavy atom. The van der Waals surface area contributed by atoms with E-state index in [2.05, 4.69) is 16.4 Å². The quantitative estimate of drug-likeness (QED) is 0.438. The monoisotopic (exact) mass is 412 g/mol. The average molecular weight is 413 g/mol. The molecule has 0 bridgehead atoms. The molecule has 3 nitrogen and oxygen atoms in total. The zero-order valence-electron chi connectivity index (χ0n) is 14.1. The summed E-state index contributed by atoms with van der Waals surface area (Å²) >= 11 is 13.7. The third-order valence-electron chi connectivity index (χ3n) is 4.16. The minimum atomic E-state index is -0.175. The second kappa shape index (κ2) is 7.77. The van der Waals surface area contributed by atoms with E-state index in [1.54, 1.807) is 30.0 Å². The highest BCUT2D eigenvalue weighted by molar-refractivity contribution is 7.99. The number of nitrogens with one attached hydrogen (secondary N) is 1. The SMILES string of the molecule is O=C(NCc1ccc(Cl)cc1Cl)c1ccc2c(c1)N=Cc1ccccc1S2. The van der Waals surface area contributed by atoms with E-state index in [9.17, 15) is 4.79 Å². The van der Waals surface area contributed by atoms with Crippen molar-refractivity contribution in [2.24, 2.45) is 4.99 Å². The molecule has 1 aliphatic rings. The third kappa shape index (κ3) is 4.03. The Labute approximate surface area is 171 Å². The molecule has 0 fully saturated rings. The van der Waals surface area contributed by atoms with Gasteiger partial charge in [0.25, 0.3) is 5.91 Å². The first-order chi connectivity index (χ1) is 13.1. The van der Waals surface area contributed by atoms with Gasteiger partial charge in [0.05, 0.1) is 5.69 Å². The third-order valence-corrected chi connectivity index (χ3v) is 5.90. The molecule has 0 aliphatic carbocycles. The van der Waals surface area contributed by atoms with E-state index in [0.29, 0.717) is 22.2 Å². The average Bonchev–Trinajstić information content (AvgIpc) is 2.85. The maximum Gasteiger partial charge on any atom is 0.251 e. The Bertz CT molecular complexity index is 1070. The molecule has 3 aromatic carbocycles. The minimum absolute atomic E-state index is 0.175. The summed E-state index contributed by atoms with van der Waals surface area (Å²) in [6.45, 7) is 0.329. The molecular formula is C21H14Cl2N2OS. The zero-order valence-corrected chi connectivity index (χ0v) is 16.4. The molecule has 1 heterocycles. The van der Waals surface area contributed by atoms with Crippen molar-refractivity contribution in [2.75, 3.05) is 0 Å². The van der Waals surface area contributed by atoms with Gasteiger partial charge in [0, 0.05) is 43.7 Å². The lowest BCUT2D eigenvalue weighted by atomic mass is 10.1. The lowest BCUT2D eigenvalue weighted by Gasteiger charge is -2.09. The number of rotatable bonds is 3. The van der Waals surface area contributed by atoms with Crippen LogP contribution in [0.4, 0.5) is 5.69 Å². The van der Waals surface area contributed by atoms with Gasteiger partial charge in [0.15, 0.2) is 0 Å². The first kappa shape index (κ1) is 18.1. The fourth-order valence-electron chi connectivity index (χ4n) is 2.73. The molecule has 0 saturated heterocycles. The van der Waals surface area contributed by atoms with Gasteiger partial charge in [-0.25, -0.2) is 0 Å². The Balaban J connectivity index is 1.52. The van der Waals surface area contributed by atoms with Gasteiger partial charge in [0.1, 0.15) is 0 Å². The number of aliphatic imine (C=N–C) groups is 1. The number of amides is 1. The van der Waals surface area contributed by atoms with Crippen LogP contribution in [0.1, 0.15) is 21.5 Å². The van der Waals surface area contributed by atoms with Crippen LogP contribution in [0.5, 0.6) is 0 Å². The molecule has 0 saturated carbocycles. The number of carbonyl (C=O) groups excluding carboxylic acids is 1. The molecule has 1 aliphatic heterocycles. The lowest BCUT2D eigenvalue weighted by molar-refractivity contribution is 0.0951. The molecule has 1 N–H and O–H groups in total. The maximum absolute atomic E-state index is 12.5. The van der Waals surface area contributed by atoms with E-state index in [1.165, 1.54) is 0 Å². The number of benzene rings is 3.